The minimum Gasteiger partial charge on any atom is -0.508 e. The first-order valence-electron chi connectivity index (χ1n) is 7.05. The fraction of sp³-hybridized carbons (Fsp3) is 0.250. The molecule has 1 atom stereocenters. The average molecular weight is 365 g/mol. The average Bonchev–Trinajstić information content (AvgIpc) is 2.75. The standard InChI is InChI=1S/C16H15NO5S2/c1-8(2)12(13(19)15(21)22)17-14(20)11(24-16(17)23)7-9-4-3-5-10(18)6-9/h3-8,12,18H,1-2H3,(H,21,22)/b11-7-. The number of aliphatic carboxylic acids is 1. The van der Waals surface area contributed by atoms with Crippen molar-refractivity contribution in [3.8, 4) is 5.75 Å². The molecular formula is C16H15NO5S2. The van der Waals surface area contributed by atoms with Gasteiger partial charge in [0.05, 0.1) is 4.91 Å². The predicted octanol–water partition coefficient (Wildman–Crippen LogP) is 2.27. The van der Waals surface area contributed by atoms with E-state index in [0.717, 1.165) is 16.7 Å². The van der Waals surface area contributed by atoms with Crippen molar-refractivity contribution in [2.45, 2.75) is 19.9 Å². The van der Waals surface area contributed by atoms with Crippen LogP contribution in [0.4, 0.5) is 0 Å². The van der Waals surface area contributed by atoms with Gasteiger partial charge in [-0.05, 0) is 29.7 Å². The Bertz CT molecular complexity index is 757. The summed E-state index contributed by atoms with van der Waals surface area (Å²) >= 11 is 6.17. The van der Waals surface area contributed by atoms with Crippen molar-refractivity contribution in [3.63, 3.8) is 0 Å². The highest BCUT2D eigenvalue weighted by molar-refractivity contribution is 8.26. The number of carbonyl (C=O) groups excluding carboxylic acids is 2. The molecule has 0 spiro atoms. The van der Waals surface area contributed by atoms with Crippen LogP contribution >= 0.6 is 24.0 Å². The fourth-order valence-electron chi connectivity index (χ4n) is 2.33. The quantitative estimate of drug-likeness (QED) is 0.469. The van der Waals surface area contributed by atoms with Crippen molar-refractivity contribution in [1.29, 1.82) is 0 Å². The van der Waals surface area contributed by atoms with Gasteiger partial charge in [-0.25, -0.2) is 4.79 Å². The lowest BCUT2D eigenvalue weighted by Crippen LogP contribution is -2.49. The van der Waals surface area contributed by atoms with Crippen molar-refractivity contribution in [1.82, 2.24) is 4.90 Å². The summed E-state index contributed by atoms with van der Waals surface area (Å²) in [6, 6.07) is 5.17. The Balaban J connectivity index is 2.37. The monoisotopic (exact) mass is 365 g/mol. The molecule has 1 fully saturated rings. The smallest absolute Gasteiger partial charge is 0.374 e. The Kier molecular flexibility index (Phi) is 5.40. The maximum atomic E-state index is 12.6. The predicted molar refractivity (Wildman–Crippen MR) is 94.4 cm³/mol. The van der Waals surface area contributed by atoms with Crippen LogP contribution in [0, 0.1) is 5.92 Å². The number of phenolic OH excluding ortho intramolecular Hbond substituents is 1. The van der Waals surface area contributed by atoms with E-state index in [4.69, 9.17) is 17.3 Å². The summed E-state index contributed by atoms with van der Waals surface area (Å²) in [5.41, 5.74) is 0.598. The number of thioether (sulfide) groups is 1. The lowest BCUT2D eigenvalue weighted by atomic mass is 9.98. The van der Waals surface area contributed by atoms with Gasteiger partial charge in [-0.2, -0.15) is 0 Å². The molecule has 1 aliphatic heterocycles. The maximum Gasteiger partial charge on any atom is 0.374 e. The highest BCUT2D eigenvalue weighted by Gasteiger charge is 2.43. The van der Waals surface area contributed by atoms with Crippen LogP contribution < -0.4 is 0 Å². The summed E-state index contributed by atoms with van der Waals surface area (Å²) in [5.74, 6) is -3.53. The molecule has 1 amide bonds. The molecule has 1 aliphatic rings. The molecule has 1 heterocycles. The number of nitrogens with zero attached hydrogens (tertiary/aromatic N) is 1. The lowest BCUT2D eigenvalue weighted by molar-refractivity contribution is -0.152. The molecule has 6 nitrogen and oxygen atoms in total. The number of aromatic hydroxyl groups is 1. The molecule has 24 heavy (non-hydrogen) atoms. The SMILES string of the molecule is CC(C)C(C(=O)C(=O)O)N1C(=O)/C(=C/c2cccc(O)c2)SC1=S. The number of thiocarbonyl (C=S) groups is 1. The van der Waals surface area contributed by atoms with Crippen LogP contribution in [0.5, 0.6) is 5.75 Å². The van der Waals surface area contributed by atoms with Gasteiger partial charge in [0, 0.05) is 0 Å². The molecule has 126 valence electrons. The first-order valence-corrected chi connectivity index (χ1v) is 8.28. The zero-order valence-electron chi connectivity index (χ0n) is 12.9. The molecule has 1 aromatic rings. The summed E-state index contributed by atoms with van der Waals surface area (Å²) in [4.78, 5) is 37.0. The van der Waals surface area contributed by atoms with E-state index in [2.05, 4.69) is 0 Å². The van der Waals surface area contributed by atoms with Crippen LogP contribution in [-0.2, 0) is 14.4 Å². The van der Waals surface area contributed by atoms with Gasteiger partial charge in [-0.15, -0.1) is 0 Å². The van der Waals surface area contributed by atoms with Crippen molar-refractivity contribution >= 4 is 52.0 Å². The fourth-order valence-corrected chi connectivity index (χ4v) is 3.66. The number of rotatable bonds is 5. The normalized spacial score (nSPS) is 17.6. The number of carboxylic acids is 1. The molecule has 1 unspecified atom stereocenters. The van der Waals surface area contributed by atoms with Crippen molar-refractivity contribution in [2.75, 3.05) is 0 Å². The van der Waals surface area contributed by atoms with Crippen molar-refractivity contribution in [3.05, 3.63) is 34.7 Å². The van der Waals surface area contributed by atoms with E-state index in [-0.39, 0.29) is 15.0 Å². The van der Waals surface area contributed by atoms with Crippen LogP contribution in [-0.4, -0.2) is 43.1 Å². The molecule has 0 bridgehead atoms. The van der Waals surface area contributed by atoms with Gasteiger partial charge in [0.1, 0.15) is 16.1 Å². The molecule has 1 saturated heterocycles. The van der Waals surface area contributed by atoms with Gasteiger partial charge in [-0.1, -0.05) is 50.0 Å². The Labute approximate surface area is 148 Å². The third kappa shape index (κ3) is 3.65. The van der Waals surface area contributed by atoms with Gasteiger partial charge in [0.15, 0.2) is 0 Å². The molecule has 0 aliphatic carbocycles. The van der Waals surface area contributed by atoms with E-state index in [1.165, 1.54) is 12.1 Å². The zero-order chi connectivity index (χ0) is 18.0. The highest BCUT2D eigenvalue weighted by Crippen LogP contribution is 2.35. The number of carbonyl (C=O) groups is 3. The van der Waals surface area contributed by atoms with Crippen LogP contribution in [0.1, 0.15) is 19.4 Å². The summed E-state index contributed by atoms with van der Waals surface area (Å²) in [7, 11) is 0. The summed E-state index contributed by atoms with van der Waals surface area (Å²) in [6.07, 6.45) is 1.54. The van der Waals surface area contributed by atoms with Crippen LogP contribution in [0.3, 0.4) is 0 Å². The summed E-state index contributed by atoms with van der Waals surface area (Å²) in [6.45, 7) is 3.31. The van der Waals surface area contributed by atoms with Crippen LogP contribution in [0.15, 0.2) is 29.2 Å². The number of hydrogen-bond acceptors (Lipinski definition) is 6. The molecule has 0 aromatic heterocycles. The number of benzene rings is 1. The molecule has 1 aromatic carbocycles. The van der Waals surface area contributed by atoms with Gasteiger partial charge in [0.2, 0.25) is 0 Å². The molecular weight excluding hydrogens is 350 g/mol. The number of ketones is 1. The first kappa shape index (κ1) is 18.2. The van der Waals surface area contributed by atoms with E-state index in [1.54, 1.807) is 32.1 Å². The maximum absolute atomic E-state index is 12.6. The minimum atomic E-state index is -1.60. The third-order valence-corrected chi connectivity index (χ3v) is 4.71. The van der Waals surface area contributed by atoms with Crippen LogP contribution in [0.25, 0.3) is 6.08 Å². The van der Waals surface area contributed by atoms with E-state index in [9.17, 15) is 19.5 Å². The Hall–Kier alpha value is -2.19. The Morgan fingerprint density at radius 1 is 1.33 bits per heavy atom. The molecule has 2 N–H and O–H groups in total. The number of Topliss-reactive ketones (excluding diaryl/α,β-unsaturated/α-hetero) is 1. The first-order chi connectivity index (χ1) is 11.2. The Morgan fingerprint density at radius 2 is 2.00 bits per heavy atom. The van der Waals surface area contributed by atoms with Gasteiger partial charge >= 0.3 is 5.97 Å². The second-order valence-electron chi connectivity index (χ2n) is 5.50. The van der Waals surface area contributed by atoms with Crippen LogP contribution in [0.2, 0.25) is 0 Å². The second kappa shape index (κ2) is 7.14. The van der Waals surface area contributed by atoms with E-state index in [1.807, 2.05) is 0 Å². The van der Waals surface area contributed by atoms with E-state index >= 15 is 0 Å². The second-order valence-corrected chi connectivity index (χ2v) is 7.18. The number of carboxylic acid groups (broad SMARTS) is 1. The highest BCUT2D eigenvalue weighted by atomic mass is 32.2. The third-order valence-electron chi connectivity index (χ3n) is 3.38. The number of hydrogen-bond donors (Lipinski definition) is 2. The van der Waals surface area contributed by atoms with Crippen molar-refractivity contribution in [2.24, 2.45) is 5.92 Å². The van der Waals surface area contributed by atoms with Gasteiger partial charge < -0.3 is 10.2 Å². The molecule has 2 rings (SSSR count). The number of phenols is 1. The largest absolute Gasteiger partial charge is 0.508 e. The molecule has 8 heteroatoms. The zero-order valence-corrected chi connectivity index (χ0v) is 14.6. The van der Waals surface area contributed by atoms with Crippen molar-refractivity contribution < 1.29 is 24.6 Å². The van der Waals surface area contributed by atoms with E-state index in [0.29, 0.717) is 5.56 Å². The molecule has 0 radical (unpaired) electrons. The topological polar surface area (TPSA) is 94.9 Å². The molecule has 0 saturated carbocycles. The summed E-state index contributed by atoms with van der Waals surface area (Å²) in [5, 5.41) is 18.5. The minimum absolute atomic E-state index is 0.0559. The summed E-state index contributed by atoms with van der Waals surface area (Å²) < 4.78 is 0.139. The Morgan fingerprint density at radius 3 is 2.54 bits per heavy atom. The van der Waals surface area contributed by atoms with E-state index < -0.39 is 29.6 Å². The lowest BCUT2D eigenvalue weighted by Gasteiger charge is -2.27. The number of amides is 1. The van der Waals surface area contributed by atoms with Gasteiger partial charge in [-0.3, -0.25) is 14.5 Å². The van der Waals surface area contributed by atoms with Gasteiger partial charge in [0.25, 0.3) is 11.7 Å².